The lowest BCUT2D eigenvalue weighted by Gasteiger charge is -2.13. The Bertz CT molecular complexity index is 1220. The zero-order valence-electron chi connectivity index (χ0n) is 16.8. The van der Waals surface area contributed by atoms with E-state index in [9.17, 15) is 8.78 Å². The van der Waals surface area contributed by atoms with Crippen molar-refractivity contribution in [3.8, 4) is 22.8 Å². The van der Waals surface area contributed by atoms with Crippen LogP contribution in [0.3, 0.4) is 0 Å². The number of methoxy groups -OCH3 is 2. The molecule has 6 nitrogen and oxygen atoms in total. The van der Waals surface area contributed by atoms with Gasteiger partial charge in [0.2, 0.25) is 5.88 Å². The molecule has 4 rings (SSSR count). The molecule has 0 N–H and O–H groups in total. The molecular formula is C22H20F2N4O2. The molecule has 0 saturated carbocycles. The predicted molar refractivity (Wildman–Crippen MR) is 108 cm³/mol. The third-order valence-electron chi connectivity index (χ3n) is 5.10. The molecule has 0 amide bonds. The highest BCUT2D eigenvalue weighted by atomic mass is 19.1. The van der Waals surface area contributed by atoms with Crippen molar-refractivity contribution in [2.45, 2.75) is 19.8 Å². The lowest BCUT2D eigenvalue weighted by Crippen LogP contribution is -2.04. The zero-order valence-corrected chi connectivity index (χ0v) is 16.8. The van der Waals surface area contributed by atoms with E-state index in [0.29, 0.717) is 29.9 Å². The molecule has 0 radical (unpaired) electrons. The maximum atomic E-state index is 14.3. The summed E-state index contributed by atoms with van der Waals surface area (Å²) in [7, 11) is 2.97. The average Bonchev–Trinajstić information content (AvgIpc) is 3.23. The van der Waals surface area contributed by atoms with Crippen LogP contribution in [0.1, 0.15) is 16.8 Å². The summed E-state index contributed by atoms with van der Waals surface area (Å²) in [5.41, 5.74) is 4.70. The molecule has 0 unspecified atom stereocenters. The molecule has 154 valence electrons. The molecule has 0 aliphatic rings. The molecular weight excluding hydrogens is 390 g/mol. The normalized spacial score (nSPS) is 11.1. The number of fused-ring (bicyclic) bond motifs is 1. The van der Waals surface area contributed by atoms with Crippen LogP contribution in [-0.4, -0.2) is 33.8 Å². The van der Waals surface area contributed by atoms with Crippen LogP contribution in [0.5, 0.6) is 11.6 Å². The number of aryl methyl sites for hydroxylation is 2. The van der Waals surface area contributed by atoms with Gasteiger partial charge in [0.1, 0.15) is 23.7 Å². The van der Waals surface area contributed by atoms with Gasteiger partial charge in [-0.3, -0.25) is 4.40 Å². The Labute approximate surface area is 172 Å². The molecule has 8 heteroatoms. The van der Waals surface area contributed by atoms with E-state index in [1.54, 1.807) is 19.6 Å². The van der Waals surface area contributed by atoms with E-state index in [0.717, 1.165) is 28.5 Å². The topological polar surface area (TPSA) is 61.5 Å². The van der Waals surface area contributed by atoms with Crippen LogP contribution in [0.4, 0.5) is 8.78 Å². The van der Waals surface area contributed by atoms with Crippen molar-refractivity contribution in [1.29, 1.82) is 0 Å². The van der Waals surface area contributed by atoms with Crippen molar-refractivity contribution in [2.75, 3.05) is 14.2 Å². The molecule has 0 saturated heterocycles. The Morgan fingerprint density at radius 1 is 1.00 bits per heavy atom. The van der Waals surface area contributed by atoms with Gasteiger partial charge in [-0.2, -0.15) is 0 Å². The van der Waals surface area contributed by atoms with Gasteiger partial charge in [-0.1, -0.05) is 0 Å². The van der Waals surface area contributed by atoms with Crippen molar-refractivity contribution < 1.29 is 18.3 Å². The van der Waals surface area contributed by atoms with Crippen molar-refractivity contribution in [2.24, 2.45) is 0 Å². The first kappa shape index (κ1) is 19.8. The second-order valence-electron chi connectivity index (χ2n) is 6.87. The Kier molecular flexibility index (Phi) is 5.31. The zero-order chi connectivity index (χ0) is 21.3. The number of hydrogen-bond donors (Lipinski definition) is 0. The minimum absolute atomic E-state index is 0.198. The second kappa shape index (κ2) is 8.06. The van der Waals surface area contributed by atoms with E-state index in [2.05, 4.69) is 15.2 Å². The standard InChI is InChI=1S/C22H20F2N4O2/c1-13-8-21(30-3)25-11-18(13)16-6-4-15(28-12-26-27-22(16)28)5-7-17-19(24)9-14(23)10-20(17)29-2/h4,6,8-12H,5,7H2,1-3H3. The van der Waals surface area contributed by atoms with Crippen molar-refractivity contribution in [3.05, 3.63) is 71.3 Å². The summed E-state index contributed by atoms with van der Waals surface area (Å²) in [6.07, 6.45) is 4.20. The van der Waals surface area contributed by atoms with E-state index in [1.165, 1.54) is 13.2 Å². The van der Waals surface area contributed by atoms with Crippen molar-refractivity contribution >= 4 is 5.65 Å². The molecule has 0 aliphatic heterocycles. The maximum absolute atomic E-state index is 14.3. The fourth-order valence-corrected chi connectivity index (χ4v) is 3.56. The SMILES string of the molecule is COc1cc(C)c(-c2ccc(CCc3c(F)cc(F)cc3OC)n3cnnc23)cn1. The number of nitrogens with zero attached hydrogens (tertiary/aromatic N) is 4. The molecule has 0 spiro atoms. The number of halogens is 2. The first-order chi connectivity index (χ1) is 14.5. The van der Waals surface area contributed by atoms with E-state index in [-0.39, 0.29) is 5.75 Å². The molecule has 0 bridgehead atoms. The second-order valence-corrected chi connectivity index (χ2v) is 6.87. The molecule has 30 heavy (non-hydrogen) atoms. The number of aromatic nitrogens is 4. The number of pyridine rings is 2. The lowest BCUT2D eigenvalue weighted by molar-refractivity contribution is 0.397. The van der Waals surface area contributed by atoms with Crippen LogP contribution >= 0.6 is 0 Å². The number of rotatable bonds is 6. The summed E-state index contributed by atoms with van der Waals surface area (Å²) in [5, 5.41) is 8.31. The smallest absolute Gasteiger partial charge is 0.213 e. The van der Waals surface area contributed by atoms with E-state index < -0.39 is 11.6 Å². The van der Waals surface area contributed by atoms with Crippen LogP contribution in [0.25, 0.3) is 16.8 Å². The highest BCUT2D eigenvalue weighted by molar-refractivity contribution is 5.79. The Balaban J connectivity index is 1.69. The molecule has 1 aromatic carbocycles. The summed E-state index contributed by atoms with van der Waals surface area (Å²) in [6.45, 7) is 1.98. The molecule has 0 aliphatic carbocycles. The van der Waals surface area contributed by atoms with E-state index in [1.807, 2.05) is 29.5 Å². The molecule has 0 fully saturated rings. The quantitative estimate of drug-likeness (QED) is 0.477. The minimum Gasteiger partial charge on any atom is -0.496 e. The Hall–Kier alpha value is -3.55. The first-order valence-electron chi connectivity index (χ1n) is 9.36. The summed E-state index contributed by atoms with van der Waals surface area (Å²) >= 11 is 0. The van der Waals surface area contributed by atoms with E-state index in [4.69, 9.17) is 9.47 Å². The third-order valence-corrected chi connectivity index (χ3v) is 5.10. The highest BCUT2D eigenvalue weighted by Gasteiger charge is 2.16. The van der Waals surface area contributed by atoms with Gasteiger partial charge in [-0.05, 0) is 37.5 Å². The van der Waals surface area contributed by atoms with Gasteiger partial charge in [0.05, 0.1) is 14.2 Å². The summed E-state index contributed by atoms with van der Waals surface area (Å²) in [5.74, 6) is -0.546. The predicted octanol–water partition coefficient (Wildman–Crippen LogP) is 4.18. The van der Waals surface area contributed by atoms with Crippen molar-refractivity contribution in [1.82, 2.24) is 19.6 Å². The van der Waals surface area contributed by atoms with Crippen LogP contribution in [0.15, 0.2) is 42.9 Å². The largest absolute Gasteiger partial charge is 0.496 e. The third kappa shape index (κ3) is 3.56. The van der Waals surface area contributed by atoms with Crippen LogP contribution in [0.2, 0.25) is 0 Å². The first-order valence-corrected chi connectivity index (χ1v) is 9.36. The van der Waals surface area contributed by atoms with Gasteiger partial charge >= 0.3 is 0 Å². The van der Waals surface area contributed by atoms with Gasteiger partial charge in [0.25, 0.3) is 0 Å². The highest BCUT2D eigenvalue weighted by Crippen LogP contribution is 2.30. The van der Waals surface area contributed by atoms with Gasteiger partial charge in [-0.25, -0.2) is 13.8 Å². The van der Waals surface area contributed by atoms with Gasteiger partial charge in [0.15, 0.2) is 5.65 Å². The molecule has 4 aromatic rings. The molecule has 0 atom stereocenters. The fourth-order valence-electron chi connectivity index (χ4n) is 3.56. The van der Waals surface area contributed by atoms with Gasteiger partial charge in [0, 0.05) is 46.8 Å². The van der Waals surface area contributed by atoms with Crippen LogP contribution in [0, 0.1) is 18.6 Å². The Morgan fingerprint density at radius 2 is 1.83 bits per heavy atom. The summed E-state index contributed by atoms with van der Waals surface area (Å²) in [6, 6.07) is 7.82. The summed E-state index contributed by atoms with van der Waals surface area (Å²) < 4.78 is 39.9. The van der Waals surface area contributed by atoms with Crippen molar-refractivity contribution in [3.63, 3.8) is 0 Å². The number of ether oxygens (including phenoxy) is 2. The average molecular weight is 410 g/mol. The van der Waals surface area contributed by atoms with Crippen LogP contribution in [-0.2, 0) is 12.8 Å². The molecule has 3 heterocycles. The maximum Gasteiger partial charge on any atom is 0.213 e. The lowest BCUT2D eigenvalue weighted by atomic mass is 10.0. The number of benzene rings is 1. The van der Waals surface area contributed by atoms with E-state index >= 15 is 0 Å². The fraction of sp³-hybridized carbons (Fsp3) is 0.227. The number of hydrogen-bond acceptors (Lipinski definition) is 5. The minimum atomic E-state index is -0.665. The Morgan fingerprint density at radius 3 is 2.57 bits per heavy atom. The molecule has 3 aromatic heterocycles. The van der Waals surface area contributed by atoms with Gasteiger partial charge < -0.3 is 9.47 Å². The summed E-state index contributed by atoms with van der Waals surface area (Å²) in [4.78, 5) is 4.29. The van der Waals surface area contributed by atoms with Crippen LogP contribution < -0.4 is 9.47 Å². The van der Waals surface area contributed by atoms with Gasteiger partial charge in [-0.15, -0.1) is 10.2 Å². The monoisotopic (exact) mass is 410 g/mol.